The van der Waals surface area contributed by atoms with E-state index >= 15 is 0 Å². The average molecular weight is 247 g/mol. The second-order valence-electron chi connectivity index (χ2n) is 3.38. The van der Waals surface area contributed by atoms with Crippen molar-refractivity contribution in [3.8, 4) is 0 Å². The van der Waals surface area contributed by atoms with Crippen molar-refractivity contribution >= 4 is 15.8 Å². The molecule has 0 atom stereocenters. The standard InChI is InChI=1S/C9H13NO5S/c1-16(13,14)5-4-10-6-7-2-3-8(15-7)9(11)12/h2-3,10H,4-6H2,1H3,(H,11,12). The van der Waals surface area contributed by atoms with Crippen LogP contribution in [-0.2, 0) is 16.4 Å². The summed E-state index contributed by atoms with van der Waals surface area (Å²) in [5.74, 6) is -0.743. The lowest BCUT2D eigenvalue weighted by Crippen LogP contribution is -2.21. The fraction of sp³-hybridized carbons (Fsp3) is 0.444. The van der Waals surface area contributed by atoms with E-state index in [2.05, 4.69) is 5.32 Å². The molecule has 0 bridgehead atoms. The van der Waals surface area contributed by atoms with Gasteiger partial charge in [-0.2, -0.15) is 0 Å². The van der Waals surface area contributed by atoms with Gasteiger partial charge in [0.25, 0.3) is 0 Å². The van der Waals surface area contributed by atoms with E-state index in [0.29, 0.717) is 18.8 Å². The molecule has 1 rings (SSSR count). The first-order valence-electron chi connectivity index (χ1n) is 4.59. The summed E-state index contributed by atoms with van der Waals surface area (Å²) in [6, 6.07) is 2.90. The highest BCUT2D eigenvalue weighted by Gasteiger charge is 2.08. The number of carboxylic acids is 1. The first-order chi connectivity index (χ1) is 7.38. The summed E-state index contributed by atoms with van der Waals surface area (Å²) in [5.41, 5.74) is 0. The number of sulfone groups is 1. The molecule has 90 valence electrons. The number of hydrogen-bond acceptors (Lipinski definition) is 5. The van der Waals surface area contributed by atoms with Crippen LogP contribution in [0.3, 0.4) is 0 Å². The maximum absolute atomic E-state index is 10.8. The fourth-order valence-corrected chi connectivity index (χ4v) is 1.57. The Bertz CT molecular complexity index is 462. The first kappa shape index (κ1) is 12.7. The molecule has 0 aliphatic rings. The molecular formula is C9H13NO5S. The van der Waals surface area contributed by atoms with Crippen molar-refractivity contribution in [2.24, 2.45) is 0 Å². The van der Waals surface area contributed by atoms with Gasteiger partial charge >= 0.3 is 5.97 Å². The summed E-state index contributed by atoms with van der Waals surface area (Å²) in [4.78, 5) is 10.5. The van der Waals surface area contributed by atoms with Gasteiger partial charge in [-0.1, -0.05) is 0 Å². The van der Waals surface area contributed by atoms with Crippen molar-refractivity contribution < 1.29 is 22.7 Å². The van der Waals surface area contributed by atoms with Gasteiger partial charge in [0.15, 0.2) is 0 Å². The van der Waals surface area contributed by atoms with Crippen LogP contribution in [0.1, 0.15) is 16.3 Å². The van der Waals surface area contributed by atoms with E-state index in [0.717, 1.165) is 6.26 Å². The third kappa shape index (κ3) is 4.45. The first-order valence-corrected chi connectivity index (χ1v) is 6.65. The summed E-state index contributed by atoms with van der Waals surface area (Å²) >= 11 is 0. The zero-order chi connectivity index (χ0) is 12.2. The van der Waals surface area contributed by atoms with Crippen LogP contribution in [-0.4, -0.2) is 38.0 Å². The Hall–Kier alpha value is -1.34. The monoisotopic (exact) mass is 247 g/mol. The number of hydrogen-bond donors (Lipinski definition) is 2. The van der Waals surface area contributed by atoms with Crippen molar-refractivity contribution in [3.05, 3.63) is 23.7 Å². The molecule has 16 heavy (non-hydrogen) atoms. The van der Waals surface area contributed by atoms with Gasteiger partial charge in [0.1, 0.15) is 15.6 Å². The van der Waals surface area contributed by atoms with Gasteiger partial charge in [-0.15, -0.1) is 0 Å². The SMILES string of the molecule is CS(=O)(=O)CCNCc1ccc(C(=O)O)o1. The highest BCUT2D eigenvalue weighted by molar-refractivity contribution is 7.90. The average Bonchev–Trinajstić information content (AvgIpc) is 2.59. The largest absolute Gasteiger partial charge is 0.475 e. The van der Waals surface area contributed by atoms with Crippen LogP contribution in [0.25, 0.3) is 0 Å². The molecule has 0 radical (unpaired) electrons. The predicted molar refractivity (Wildman–Crippen MR) is 57.1 cm³/mol. The van der Waals surface area contributed by atoms with Crippen molar-refractivity contribution in [3.63, 3.8) is 0 Å². The van der Waals surface area contributed by atoms with Crippen molar-refractivity contribution in [2.75, 3.05) is 18.6 Å². The molecule has 1 aromatic rings. The quantitative estimate of drug-likeness (QED) is 0.693. The van der Waals surface area contributed by atoms with E-state index in [1.54, 1.807) is 0 Å². The topological polar surface area (TPSA) is 96.6 Å². The molecule has 1 aromatic heterocycles. The Morgan fingerprint density at radius 2 is 2.19 bits per heavy atom. The number of carbonyl (C=O) groups is 1. The minimum absolute atomic E-state index is 0.0412. The summed E-state index contributed by atoms with van der Waals surface area (Å²) in [6.45, 7) is 0.616. The molecule has 0 aliphatic heterocycles. The van der Waals surface area contributed by atoms with Crippen molar-refractivity contribution in [1.29, 1.82) is 0 Å². The van der Waals surface area contributed by atoms with Crippen LogP contribution in [0.2, 0.25) is 0 Å². The molecule has 0 saturated carbocycles. The molecule has 7 heteroatoms. The predicted octanol–water partition coefficient (Wildman–Crippen LogP) is 0.112. The van der Waals surface area contributed by atoms with Crippen LogP contribution in [0.4, 0.5) is 0 Å². The minimum Gasteiger partial charge on any atom is -0.475 e. The third-order valence-corrected chi connectivity index (χ3v) is 2.77. The van der Waals surface area contributed by atoms with Crippen molar-refractivity contribution in [2.45, 2.75) is 6.54 Å². The minimum atomic E-state index is -2.97. The maximum atomic E-state index is 10.8. The molecule has 0 saturated heterocycles. The molecular weight excluding hydrogens is 234 g/mol. The lowest BCUT2D eigenvalue weighted by molar-refractivity contribution is 0.0660. The molecule has 6 nitrogen and oxygen atoms in total. The highest BCUT2D eigenvalue weighted by Crippen LogP contribution is 2.07. The number of aromatic carboxylic acids is 1. The van der Waals surface area contributed by atoms with E-state index in [9.17, 15) is 13.2 Å². The molecule has 0 amide bonds. The Kier molecular flexibility index (Phi) is 4.08. The number of rotatable bonds is 6. The fourth-order valence-electron chi connectivity index (χ4n) is 1.06. The van der Waals surface area contributed by atoms with E-state index in [1.807, 2.05) is 0 Å². The number of carboxylic acid groups (broad SMARTS) is 1. The van der Waals surface area contributed by atoms with Gasteiger partial charge < -0.3 is 14.8 Å². The molecule has 0 spiro atoms. The van der Waals surface area contributed by atoms with Crippen LogP contribution >= 0.6 is 0 Å². The van der Waals surface area contributed by atoms with Gasteiger partial charge in [-0.05, 0) is 12.1 Å². The highest BCUT2D eigenvalue weighted by atomic mass is 32.2. The van der Waals surface area contributed by atoms with Gasteiger partial charge in [0, 0.05) is 12.8 Å². The summed E-state index contributed by atoms with van der Waals surface area (Å²) < 4.78 is 26.6. The van der Waals surface area contributed by atoms with Gasteiger partial charge in [0.2, 0.25) is 5.76 Å². The number of nitrogens with one attached hydrogen (secondary N) is 1. The molecule has 2 N–H and O–H groups in total. The summed E-state index contributed by atoms with van der Waals surface area (Å²) in [5, 5.41) is 11.4. The molecule has 0 fully saturated rings. The zero-order valence-electron chi connectivity index (χ0n) is 8.76. The second-order valence-corrected chi connectivity index (χ2v) is 5.64. The third-order valence-electron chi connectivity index (χ3n) is 1.82. The summed E-state index contributed by atoms with van der Waals surface area (Å²) in [6.07, 6.45) is 1.16. The lowest BCUT2D eigenvalue weighted by atomic mass is 10.4. The van der Waals surface area contributed by atoms with E-state index in [4.69, 9.17) is 9.52 Å². The van der Waals surface area contributed by atoms with Crippen LogP contribution in [0.5, 0.6) is 0 Å². The lowest BCUT2D eigenvalue weighted by Gasteiger charge is -2.00. The Morgan fingerprint density at radius 3 is 2.69 bits per heavy atom. The zero-order valence-corrected chi connectivity index (χ0v) is 9.58. The number of furan rings is 1. The van der Waals surface area contributed by atoms with Gasteiger partial charge in [-0.25, -0.2) is 13.2 Å². The Morgan fingerprint density at radius 1 is 1.50 bits per heavy atom. The van der Waals surface area contributed by atoms with E-state index < -0.39 is 15.8 Å². The Labute approximate surface area is 93.2 Å². The van der Waals surface area contributed by atoms with E-state index in [1.165, 1.54) is 12.1 Å². The summed E-state index contributed by atoms with van der Waals surface area (Å²) in [7, 11) is -2.97. The second kappa shape index (κ2) is 5.13. The smallest absolute Gasteiger partial charge is 0.371 e. The molecule has 0 aromatic carbocycles. The van der Waals surface area contributed by atoms with Crippen LogP contribution < -0.4 is 5.32 Å². The maximum Gasteiger partial charge on any atom is 0.371 e. The van der Waals surface area contributed by atoms with Gasteiger partial charge in [-0.3, -0.25) is 0 Å². The van der Waals surface area contributed by atoms with Crippen molar-refractivity contribution in [1.82, 2.24) is 5.32 Å². The normalized spacial score (nSPS) is 11.6. The van der Waals surface area contributed by atoms with E-state index in [-0.39, 0.29) is 11.5 Å². The molecule has 0 unspecified atom stereocenters. The van der Waals surface area contributed by atoms with Crippen LogP contribution in [0, 0.1) is 0 Å². The molecule has 1 heterocycles. The van der Waals surface area contributed by atoms with Crippen LogP contribution in [0.15, 0.2) is 16.5 Å². The Balaban J connectivity index is 2.35. The van der Waals surface area contributed by atoms with Gasteiger partial charge in [0.05, 0.1) is 12.3 Å². The molecule has 0 aliphatic carbocycles.